The summed E-state index contributed by atoms with van der Waals surface area (Å²) < 4.78 is 0. The molecule has 0 aliphatic carbocycles. The Morgan fingerprint density at radius 3 is 3.08 bits per heavy atom. The van der Waals surface area contributed by atoms with E-state index < -0.39 is 12.1 Å². The molecule has 0 aromatic rings. The standard InChI is InChI=1S/C7H12N2O3/c1-5-8-2-7(11)6(3-10)9(5)12-4-8/h3,5-7,11H,2,4H2,1H3/t5?,6-,7+/m1/s1. The minimum atomic E-state index is -0.624. The Labute approximate surface area is 70.5 Å². The maximum atomic E-state index is 10.6. The van der Waals surface area contributed by atoms with Gasteiger partial charge < -0.3 is 9.90 Å². The highest BCUT2D eigenvalue weighted by Crippen LogP contribution is 2.25. The smallest absolute Gasteiger partial charge is 0.142 e. The summed E-state index contributed by atoms with van der Waals surface area (Å²) in [6.45, 7) is 2.94. The molecule has 0 aromatic heterocycles. The number of aliphatic hydroxyl groups excluding tert-OH is 1. The summed E-state index contributed by atoms with van der Waals surface area (Å²) in [4.78, 5) is 17.8. The van der Waals surface area contributed by atoms with Gasteiger partial charge in [0.2, 0.25) is 0 Å². The molecule has 0 aromatic carbocycles. The van der Waals surface area contributed by atoms with Gasteiger partial charge in [0.25, 0.3) is 0 Å². The fourth-order valence-corrected chi connectivity index (χ4v) is 1.73. The van der Waals surface area contributed by atoms with Crippen LogP contribution in [0.25, 0.3) is 0 Å². The third-order valence-corrected chi connectivity index (χ3v) is 2.52. The Morgan fingerprint density at radius 2 is 2.42 bits per heavy atom. The lowest BCUT2D eigenvalue weighted by Gasteiger charge is -2.36. The fraction of sp³-hybridized carbons (Fsp3) is 0.857. The molecule has 2 heterocycles. The lowest BCUT2D eigenvalue weighted by molar-refractivity contribution is -0.185. The van der Waals surface area contributed by atoms with Crippen molar-refractivity contribution >= 4 is 6.29 Å². The molecule has 0 saturated carbocycles. The summed E-state index contributed by atoms with van der Waals surface area (Å²) in [5.74, 6) is 0. The molecule has 68 valence electrons. The van der Waals surface area contributed by atoms with Gasteiger partial charge in [0.05, 0.1) is 12.3 Å². The van der Waals surface area contributed by atoms with Gasteiger partial charge in [-0.05, 0) is 6.92 Å². The minimum Gasteiger partial charge on any atom is -0.390 e. The molecule has 2 aliphatic rings. The summed E-state index contributed by atoms with van der Waals surface area (Å²) in [5, 5.41) is 11.0. The molecule has 2 fully saturated rings. The number of hydroxylamine groups is 2. The second kappa shape index (κ2) is 2.77. The van der Waals surface area contributed by atoms with Crippen molar-refractivity contribution in [3.05, 3.63) is 0 Å². The van der Waals surface area contributed by atoms with Gasteiger partial charge in [-0.15, -0.1) is 0 Å². The number of hydrogen-bond acceptors (Lipinski definition) is 5. The molecule has 0 amide bonds. The summed E-state index contributed by atoms with van der Waals surface area (Å²) in [6, 6.07) is -0.501. The molecular weight excluding hydrogens is 160 g/mol. The van der Waals surface area contributed by atoms with Crippen LogP contribution < -0.4 is 0 Å². The van der Waals surface area contributed by atoms with E-state index >= 15 is 0 Å². The summed E-state index contributed by atoms with van der Waals surface area (Å²) in [7, 11) is 0. The van der Waals surface area contributed by atoms with Gasteiger partial charge in [0.1, 0.15) is 19.1 Å². The Kier molecular flexibility index (Phi) is 1.88. The highest BCUT2D eigenvalue weighted by atomic mass is 16.7. The molecule has 12 heavy (non-hydrogen) atoms. The predicted octanol–water partition coefficient (Wildman–Crippen LogP) is -1.22. The Hall–Kier alpha value is -0.490. The second-order valence-electron chi connectivity index (χ2n) is 3.22. The molecule has 1 N–H and O–H groups in total. The van der Waals surface area contributed by atoms with Gasteiger partial charge in [-0.3, -0.25) is 9.74 Å². The van der Waals surface area contributed by atoms with Gasteiger partial charge in [0.15, 0.2) is 0 Å². The molecule has 2 aliphatic heterocycles. The van der Waals surface area contributed by atoms with Crippen LogP contribution in [0.3, 0.4) is 0 Å². The van der Waals surface area contributed by atoms with E-state index in [1.54, 1.807) is 5.06 Å². The predicted molar refractivity (Wildman–Crippen MR) is 39.8 cm³/mol. The maximum Gasteiger partial charge on any atom is 0.142 e. The Morgan fingerprint density at radius 1 is 1.67 bits per heavy atom. The SMILES string of the molecule is CC1N2CON1[C@H](C=O)[C@@H](O)C2. The van der Waals surface area contributed by atoms with Crippen molar-refractivity contribution < 1.29 is 14.7 Å². The third-order valence-electron chi connectivity index (χ3n) is 2.52. The van der Waals surface area contributed by atoms with E-state index in [1.807, 2.05) is 11.8 Å². The van der Waals surface area contributed by atoms with Gasteiger partial charge in [-0.25, -0.2) is 0 Å². The van der Waals surface area contributed by atoms with Crippen molar-refractivity contribution in [2.24, 2.45) is 0 Å². The average Bonchev–Trinajstić information content (AvgIpc) is 2.34. The van der Waals surface area contributed by atoms with E-state index in [2.05, 4.69) is 0 Å². The Bertz CT molecular complexity index is 199. The van der Waals surface area contributed by atoms with Gasteiger partial charge in [0, 0.05) is 6.54 Å². The first kappa shape index (κ1) is 8.12. The minimum absolute atomic E-state index is 0.101. The summed E-state index contributed by atoms with van der Waals surface area (Å²) in [5.41, 5.74) is 0. The van der Waals surface area contributed by atoms with Crippen LogP contribution in [0.15, 0.2) is 0 Å². The van der Waals surface area contributed by atoms with E-state index in [1.165, 1.54) is 0 Å². The molecule has 2 saturated heterocycles. The van der Waals surface area contributed by atoms with Crippen LogP contribution in [0.1, 0.15) is 6.92 Å². The van der Waals surface area contributed by atoms with Crippen molar-refractivity contribution in [1.29, 1.82) is 0 Å². The highest BCUT2D eigenvalue weighted by Gasteiger charge is 2.44. The molecule has 5 heteroatoms. The number of fused-ring (bicyclic) bond motifs is 2. The van der Waals surface area contributed by atoms with Gasteiger partial charge in [-0.1, -0.05) is 0 Å². The van der Waals surface area contributed by atoms with E-state index in [-0.39, 0.29) is 6.17 Å². The molecule has 0 spiro atoms. The first-order valence-corrected chi connectivity index (χ1v) is 4.02. The number of carbonyl (C=O) groups excluding carboxylic acids is 1. The zero-order valence-corrected chi connectivity index (χ0v) is 6.88. The molecule has 3 unspecified atom stereocenters. The first-order chi connectivity index (χ1) is 5.74. The molecule has 2 bridgehead atoms. The zero-order valence-electron chi connectivity index (χ0n) is 6.88. The number of nitrogens with zero attached hydrogens (tertiary/aromatic N) is 2. The van der Waals surface area contributed by atoms with Crippen molar-refractivity contribution in [3.63, 3.8) is 0 Å². The van der Waals surface area contributed by atoms with Crippen molar-refractivity contribution in [1.82, 2.24) is 9.96 Å². The van der Waals surface area contributed by atoms with Crippen LogP contribution in [0.5, 0.6) is 0 Å². The number of rotatable bonds is 1. The van der Waals surface area contributed by atoms with Gasteiger partial charge in [-0.2, -0.15) is 5.06 Å². The highest BCUT2D eigenvalue weighted by molar-refractivity contribution is 5.59. The van der Waals surface area contributed by atoms with E-state index in [0.717, 1.165) is 6.29 Å². The summed E-state index contributed by atoms with van der Waals surface area (Å²) >= 11 is 0. The normalized spacial score (nSPS) is 52.3. The van der Waals surface area contributed by atoms with Crippen molar-refractivity contribution in [2.45, 2.75) is 25.2 Å². The quantitative estimate of drug-likeness (QED) is 0.502. The molecule has 5 nitrogen and oxygen atoms in total. The van der Waals surface area contributed by atoms with Crippen LogP contribution in [0.4, 0.5) is 0 Å². The number of carbonyl (C=O) groups is 1. The van der Waals surface area contributed by atoms with Crippen LogP contribution in [0.2, 0.25) is 0 Å². The summed E-state index contributed by atoms with van der Waals surface area (Å²) in [6.07, 6.45) is 0.217. The molecular formula is C7H12N2O3. The number of hydrogen-bond donors (Lipinski definition) is 1. The molecule has 0 radical (unpaired) electrons. The molecule has 5 atom stereocenters. The second-order valence-corrected chi connectivity index (χ2v) is 3.22. The maximum absolute atomic E-state index is 10.6. The number of aliphatic hydroxyl groups is 1. The molecule has 2 rings (SSSR count). The van der Waals surface area contributed by atoms with Crippen molar-refractivity contribution in [2.75, 3.05) is 13.3 Å². The third kappa shape index (κ3) is 0.980. The lowest BCUT2D eigenvalue weighted by Crippen LogP contribution is -2.57. The topological polar surface area (TPSA) is 53.0 Å². The van der Waals surface area contributed by atoms with E-state index in [0.29, 0.717) is 13.3 Å². The van der Waals surface area contributed by atoms with Crippen molar-refractivity contribution in [3.8, 4) is 0 Å². The van der Waals surface area contributed by atoms with E-state index in [9.17, 15) is 9.90 Å². The van der Waals surface area contributed by atoms with Crippen LogP contribution in [0, 0.1) is 0 Å². The van der Waals surface area contributed by atoms with Gasteiger partial charge >= 0.3 is 0 Å². The largest absolute Gasteiger partial charge is 0.390 e. The zero-order chi connectivity index (χ0) is 8.72. The number of aldehydes is 1. The van der Waals surface area contributed by atoms with Crippen LogP contribution in [-0.4, -0.2) is 52.9 Å². The first-order valence-electron chi connectivity index (χ1n) is 4.02. The average molecular weight is 172 g/mol. The van der Waals surface area contributed by atoms with Crippen LogP contribution in [-0.2, 0) is 9.63 Å². The van der Waals surface area contributed by atoms with E-state index in [4.69, 9.17) is 4.84 Å². The lowest BCUT2D eigenvalue weighted by atomic mass is 10.1. The fourth-order valence-electron chi connectivity index (χ4n) is 1.73. The Balaban J connectivity index is 2.19. The monoisotopic (exact) mass is 172 g/mol. The van der Waals surface area contributed by atoms with Crippen LogP contribution >= 0.6 is 0 Å².